The summed E-state index contributed by atoms with van der Waals surface area (Å²) in [6, 6.07) is 11.4. The van der Waals surface area contributed by atoms with E-state index in [9.17, 15) is 10.1 Å². The van der Waals surface area contributed by atoms with E-state index in [4.69, 9.17) is 0 Å². The van der Waals surface area contributed by atoms with Crippen LogP contribution in [-0.2, 0) is 4.79 Å². The van der Waals surface area contributed by atoms with Crippen LogP contribution in [0.3, 0.4) is 0 Å². The number of nitrogens with zero attached hydrogens (tertiary/aromatic N) is 3. The third kappa shape index (κ3) is 3.65. The van der Waals surface area contributed by atoms with Gasteiger partial charge in [0.15, 0.2) is 5.65 Å². The molecule has 0 aliphatic carbocycles. The first-order chi connectivity index (χ1) is 12.1. The van der Waals surface area contributed by atoms with Crippen LogP contribution >= 0.6 is 15.9 Å². The number of hydrogen-bond acceptors (Lipinski definition) is 5. The number of pyridine rings is 2. The van der Waals surface area contributed by atoms with Crippen LogP contribution in [0, 0.1) is 11.3 Å². The molecule has 2 aromatic heterocycles. The van der Waals surface area contributed by atoms with Crippen LogP contribution in [0.5, 0.6) is 0 Å². The van der Waals surface area contributed by atoms with Crippen LogP contribution in [-0.4, -0.2) is 15.9 Å². The van der Waals surface area contributed by atoms with E-state index in [1.54, 1.807) is 6.07 Å². The van der Waals surface area contributed by atoms with Gasteiger partial charge < -0.3 is 10.6 Å². The number of rotatable bonds is 4. The molecule has 0 fully saturated rings. The van der Waals surface area contributed by atoms with E-state index in [0.29, 0.717) is 28.0 Å². The smallest absolute Gasteiger partial charge is 0.247 e. The molecular weight excluding hydrogens is 382 g/mol. The topological polar surface area (TPSA) is 90.7 Å². The van der Waals surface area contributed by atoms with E-state index < -0.39 is 0 Å². The third-order valence-corrected chi connectivity index (χ3v) is 3.88. The van der Waals surface area contributed by atoms with Crippen molar-refractivity contribution in [1.82, 2.24) is 9.97 Å². The number of anilines is 3. The van der Waals surface area contributed by atoms with Crippen molar-refractivity contribution in [2.75, 3.05) is 10.6 Å². The normalized spacial score (nSPS) is 10.1. The molecule has 0 unspecified atom stereocenters. The predicted molar refractivity (Wildman–Crippen MR) is 101 cm³/mol. The minimum absolute atomic E-state index is 0.341. The first-order valence-electron chi connectivity index (χ1n) is 7.25. The van der Waals surface area contributed by atoms with Gasteiger partial charge in [0.1, 0.15) is 6.07 Å². The van der Waals surface area contributed by atoms with E-state index in [1.165, 1.54) is 18.5 Å². The molecule has 7 heteroatoms. The molecule has 0 atom stereocenters. The Hall–Kier alpha value is -3.24. The fourth-order valence-corrected chi connectivity index (χ4v) is 2.67. The lowest BCUT2D eigenvalue weighted by Gasteiger charge is -2.12. The van der Waals surface area contributed by atoms with Crippen LogP contribution in [0.15, 0.2) is 59.9 Å². The Morgan fingerprint density at radius 2 is 2.04 bits per heavy atom. The fourth-order valence-electron chi connectivity index (χ4n) is 2.27. The molecule has 25 heavy (non-hydrogen) atoms. The number of hydrogen-bond donors (Lipinski definition) is 2. The van der Waals surface area contributed by atoms with Gasteiger partial charge in [0.2, 0.25) is 5.91 Å². The standard InChI is InChI=1S/C18H12BrN5O/c1-2-16(25)23-14-7-15-17(24-13-5-3-4-12(19)6-13)11(8-20)9-21-18(15)22-10-14/h2-7,9-10H,1H2,(H,23,25)(H,21,22,24). The lowest BCUT2D eigenvalue weighted by atomic mass is 10.1. The third-order valence-electron chi connectivity index (χ3n) is 3.39. The van der Waals surface area contributed by atoms with Gasteiger partial charge in [0.25, 0.3) is 0 Å². The van der Waals surface area contributed by atoms with E-state index >= 15 is 0 Å². The number of carbonyl (C=O) groups is 1. The molecule has 3 aromatic rings. The number of fused-ring (bicyclic) bond motifs is 1. The molecule has 6 nitrogen and oxygen atoms in total. The summed E-state index contributed by atoms with van der Waals surface area (Å²) in [6.07, 6.45) is 4.15. The summed E-state index contributed by atoms with van der Waals surface area (Å²) in [4.78, 5) is 19.9. The van der Waals surface area contributed by atoms with E-state index in [1.807, 2.05) is 24.3 Å². The second-order valence-corrected chi connectivity index (χ2v) is 6.00. The van der Waals surface area contributed by atoms with Crippen LogP contribution < -0.4 is 10.6 Å². The molecule has 1 amide bonds. The average Bonchev–Trinajstić information content (AvgIpc) is 2.62. The van der Waals surface area contributed by atoms with Crippen LogP contribution in [0.2, 0.25) is 0 Å². The van der Waals surface area contributed by atoms with Crippen LogP contribution in [0.25, 0.3) is 11.0 Å². The highest BCUT2D eigenvalue weighted by molar-refractivity contribution is 9.10. The Morgan fingerprint density at radius 1 is 1.24 bits per heavy atom. The van der Waals surface area contributed by atoms with Crippen molar-refractivity contribution < 1.29 is 4.79 Å². The molecule has 0 aliphatic heterocycles. The Morgan fingerprint density at radius 3 is 2.76 bits per heavy atom. The molecule has 122 valence electrons. The van der Waals surface area contributed by atoms with Gasteiger partial charge in [-0.05, 0) is 30.3 Å². The van der Waals surface area contributed by atoms with Crippen molar-refractivity contribution in [1.29, 1.82) is 5.26 Å². The number of nitrogens with one attached hydrogen (secondary N) is 2. The maximum absolute atomic E-state index is 11.5. The Kier molecular flexibility index (Phi) is 4.73. The van der Waals surface area contributed by atoms with Gasteiger partial charge in [-0.1, -0.05) is 28.6 Å². The molecule has 0 aliphatic rings. The monoisotopic (exact) mass is 393 g/mol. The highest BCUT2D eigenvalue weighted by atomic mass is 79.9. The van der Waals surface area contributed by atoms with Crippen molar-refractivity contribution in [2.45, 2.75) is 0 Å². The minimum atomic E-state index is -0.341. The van der Waals surface area contributed by atoms with Crippen molar-refractivity contribution in [3.05, 3.63) is 65.4 Å². The number of carbonyl (C=O) groups excluding carboxylic acids is 1. The second-order valence-electron chi connectivity index (χ2n) is 5.08. The lowest BCUT2D eigenvalue weighted by molar-refractivity contribution is -0.111. The summed E-state index contributed by atoms with van der Waals surface area (Å²) in [5.41, 5.74) is 2.72. The quantitative estimate of drug-likeness (QED) is 0.650. The van der Waals surface area contributed by atoms with Gasteiger partial charge in [0.05, 0.1) is 23.1 Å². The second kappa shape index (κ2) is 7.11. The molecule has 0 saturated carbocycles. The summed E-state index contributed by atoms with van der Waals surface area (Å²) < 4.78 is 0.909. The van der Waals surface area contributed by atoms with Crippen molar-refractivity contribution in [3.63, 3.8) is 0 Å². The molecule has 2 N–H and O–H groups in total. The van der Waals surface area contributed by atoms with Gasteiger partial charge >= 0.3 is 0 Å². The minimum Gasteiger partial charge on any atom is -0.354 e. The summed E-state index contributed by atoms with van der Waals surface area (Å²) in [5.74, 6) is -0.341. The summed E-state index contributed by atoms with van der Waals surface area (Å²) in [7, 11) is 0. The zero-order valence-corrected chi connectivity index (χ0v) is 14.5. The van der Waals surface area contributed by atoms with E-state index in [-0.39, 0.29) is 5.91 Å². The molecule has 2 heterocycles. The number of benzene rings is 1. The molecule has 0 radical (unpaired) electrons. The first kappa shape index (κ1) is 16.6. The number of aromatic nitrogens is 2. The Balaban J connectivity index is 2.13. The van der Waals surface area contributed by atoms with Crippen molar-refractivity contribution >= 4 is 49.9 Å². The molecule has 0 bridgehead atoms. The zero-order chi connectivity index (χ0) is 17.8. The summed E-state index contributed by atoms with van der Waals surface area (Å²) >= 11 is 3.42. The van der Waals surface area contributed by atoms with Gasteiger partial charge in [-0.25, -0.2) is 9.97 Å². The Labute approximate surface area is 152 Å². The maximum atomic E-state index is 11.5. The molecule has 3 rings (SSSR count). The van der Waals surface area contributed by atoms with Crippen LogP contribution in [0.4, 0.5) is 17.1 Å². The molecule has 0 saturated heterocycles. The zero-order valence-electron chi connectivity index (χ0n) is 13.0. The number of halogens is 1. The molecule has 0 spiro atoms. The first-order valence-corrected chi connectivity index (χ1v) is 8.05. The van der Waals surface area contributed by atoms with Gasteiger partial charge in [-0.3, -0.25) is 4.79 Å². The van der Waals surface area contributed by atoms with Gasteiger partial charge in [-0.15, -0.1) is 0 Å². The number of nitriles is 1. The fraction of sp³-hybridized carbons (Fsp3) is 0. The SMILES string of the molecule is C=CC(=O)Nc1cnc2ncc(C#N)c(Nc3cccc(Br)c3)c2c1. The maximum Gasteiger partial charge on any atom is 0.247 e. The summed E-state index contributed by atoms with van der Waals surface area (Å²) in [6.45, 7) is 3.42. The van der Waals surface area contributed by atoms with Gasteiger partial charge in [-0.2, -0.15) is 5.26 Å². The highest BCUT2D eigenvalue weighted by Crippen LogP contribution is 2.30. The van der Waals surface area contributed by atoms with E-state index in [0.717, 1.165) is 10.2 Å². The van der Waals surface area contributed by atoms with Crippen LogP contribution in [0.1, 0.15) is 5.56 Å². The number of amides is 1. The predicted octanol–water partition coefficient (Wildman–Crippen LogP) is 4.13. The highest BCUT2D eigenvalue weighted by Gasteiger charge is 2.12. The molecule has 1 aromatic carbocycles. The Bertz CT molecular complexity index is 1030. The largest absolute Gasteiger partial charge is 0.354 e. The van der Waals surface area contributed by atoms with Crippen molar-refractivity contribution in [2.24, 2.45) is 0 Å². The van der Waals surface area contributed by atoms with E-state index in [2.05, 4.69) is 49.2 Å². The lowest BCUT2D eigenvalue weighted by Crippen LogP contribution is -2.08. The van der Waals surface area contributed by atoms with Crippen molar-refractivity contribution in [3.8, 4) is 6.07 Å². The van der Waals surface area contributed by atoms with Gasteiger partial charge in [0, 0.05) is 21.7 Å². The summed E-state index contributed by atoms with van der Waals surface area (Å²) in [5, 5.41) is 15.9. The molecular formula is C18H12BrN5O. The average molecular weight is 394 g/mol.